The molecule has 0 amide bonds. The lowest BCUT2D eigenvalue weighted by Crippen LogP contribution is -2.46. The molecular weight excluding hydrogens is 212 g/mol. The van der Waals surface area contributed by atoms with Gasteiger partial charge in [-0.25, -0.2) is 4.68 Å². The molecular formula is C13H20N4. The Morgan fingerprint density at radius 3 is 2.06 bits per heavy atom. The van der Waals surface area contributed by atoms with Gasteiger partial charge in [-0.2, -0.15) is 5.10 Å². The van der Waals surface area contributed by atoms with Crippen molar-refractivity contribution in [1.29, 1.82) is 0 Å². The van der Waals surface area contributed by atoms with E-state index in [-0.39, 0.29) is 0 Å². The van der Waals surface area contributed by atoms with Gasteiger partial charge in [0.25, 0.3) is 0 Å². The van der Waals surface area contributed by atoms with Crippen molar-refractivity contribution in [2.24, 2.45) is 23.7 Å². The van der Waals surface area contributed by atoms with Crippen LogP contribution in [0.25, 0.3) is 0 Å². The highest BCUT2D eigenvalue weighted by Gasteiger charge is 2.49. The van der Waals surface area contributed by atoms with Crippen LogP contribution in [0.3, 0.4) is 0 Å². The molecule has 4 N–H and O–H groups in total. The molecule has 17 heavy (non-hydrogen) atoms. The molecule has 0 saturated heterocycles. The Bertz CT molecular complexity index is 422. The number of hydrogen-bond donors (Lipinski definition) is 2. The highest BCUT2D eigenvalue weighted by molar-refractivity contribution is 5.57. The van der Waals surface area contributed by atoms with Gasteiger partial charge in [-0.15, -0.1) is 0 Å². The lowest BCUT2D eigenvalue weighted by Gasteiger charge is -2.54. The molecule has 4 bridgehead atoms. The number of hydrogen-bond acceptors (Lipinski definition) is 3. The summed E-state index contributed by atoms with van der Waals surface area (Å²) < 4.78 is 2.03. The van der Waals surface area contributed by atoms with Gasteiger partial charge in [-0.3, -0.25) is 0 Å². The first kappa shape index (κ1) is 9.80. The number of rotatable bonds is 1. The molecule has 0 radical (unpaired) electrons. The van der Waals surface area contributed by atoms with Gasteiger partial charge in [0.05, 0.1) is 17.9 Å². The third-order valence-corrected chi connectivity index (χ3v) is 5.32. The smallest absolute Gasteiger partial charge is 0.145 e. The van der Waals surface area contributed by atoms with Gasteiger partial charge in [0.15, 0.2) is 0 Å². The van der Waals surface area contributed by atoms with Crippen LogP contribution in [0.2, 0.25) is 0 Å². The van der Waals surface area contributed by atoms with Gasteiger partial charge < -0.3 is 11.5 Å². The van der Waals surface area contributed by atoms with Gasteiger partial charge >= 0.3 is 0 Å². The van der Waals surface area contributed by atoms with E-state index < -0.39 is 0 Å². The predicted octanol–water partition coefficient (Wildman–Crippen LogP) is 2.04. The maximum atomic E-state index is 6.06. The van der Waals surface area contributed by atoms with Crippen LogP contribution in [0.15, 0.2) is 6.20 Å². The zero-order valence-corrected chi connectivity index (χ0v) is 10.0. The first-order valence-electron chi connectivity index (χ1n) is 6.81. The minimum absolute atomic E-state index is 0.528. The Morgan fingerprint density at radius 2 is 1.59 bits per heavy atom. The van der Waals surface area contributed by atoms with Crippen molar-refractivity contribution in [1.82, 2.24) is 9.78 Å². The van der Waals surface area contributed by atoms with Crippen LogP contribution in [0.5, 0.6) is 0 Å². The Balaban J connectivity index is 1.73. The predicted molar refractivity (Wildman–Crippen MR) is 67.1 cm³/mol. The Hall–Kier alpha value is -1.19. The van der Waals surface area contributed by atoms with Crippen LogP contribution in [0.1, 0.15) is 38.1 Å². The van der Waals surface area contributed by atoms with Crippen molar-refractivity contribution in [3.63, 3.8) is 0 Å². The summed E-state index contributed by atoms with van der Waals surface area (Å²) >= 11 is 0. The third-order valence-electron chi connectivity index (χ3n) is 5.32. The first-order chi connectivity index (χ1) is 8.22. The molecule has 4 saturated carbocycles. The van der Waals surface area contributed by atoms with Crippen molar-refractivity contribution in [3.8, 4) is 0 Å². The summed E-state index contributed by atoms with van der Waals surface area (Å²) in [6.07, 6.45) is 8.73. The van der Waals surface area contributed by atoms with Gasteiger partial charge in [0.2, 0.25) is 0 Å². The Morgan fingerprint density at radius 1 is 1.00 bits per heavy atom. The van der Waals surface area contributed by atoms with E-state index in [4.69, 9.17) is 11.5 Å². The maximum Gasteiger partial charge on any atom is 0.145 e. The zero-order valence-electron chi connectivity index (χ0n) is 10.0. The van der Waals surface area contributed by atoms with E-state index in [1.165, 1.54) is 32.1 Å². The maximum absolute atomic E-state index is 6.06. The van der Waals surface area contributed by atoms with Crippen LogP contribution >= 0.6 is 0 Å². The van der Waals surface area contributed by atoms with Gasteiger partial charge in [0, 0.05) is 0 Å². The normalized spacial score (nSPS) is 43.2. The van der Waals surface area contributed by atoms with E-state index >= 15 is 0 Å². The molecule has 1 heterocycles. The van der Waals surface area contributed by atoms with Crippen molar-refractivity contribution < 1.29 is 0 Å². The zero-order chi connectivity index (χ0) is 11.6. The van der Waals surface area contributed by atoms with Gasteiger partial charge in [-0.1, -0.05) is 0 Å². The minimum Gasteiger partial charge on any atom is -0.394 e. The van der Waals surface area contributed by atoms with Crippen LogP contribution < -0.4 is 11.5 Å². The highest BCUT2D eigenvalue weighted by atomic mass is 15.3. The average Bonchev–Trinajstić information content (AvgIpc) is 2.60. The molecule has 0 atom stereocenters. The first-order valence-corrected chi connectivity index (χ1v) is 6.81. The molecule has 0 aliphatic heterocycles. The summed E-state index contributed by atoms with van der Waals surface area (Å²) in [5, 5.41) is 4.43. The molecule has 4 fully saturated rings. The van der Waals surface area contributed by atoms with E-state index in [2.05, 4.69) is 5.10 Å². The second kappa shape index (κ2) is 3.18. The molecule has 1 aromatic rings. The number of nitrogens with two attached hydrogens (primary N) is 2. The van der Waals surface area contributed by atoms with Crippen molar-refractivity contribution in [2.45, 2.75) is 38.1 Å². The van der Waals surface area contributed by atoms with Gasteiger partial charge in [0.1, 0.15) is 5.82 Å². The molecule has 92 valence electrons. The van der Waals surface area contributed by atoms with Crippen molar-refractivity contribution >= 4 is 11.5 Å². The van der Waals surface area contributed by atoms with Gasteiger partial charge in [-0.05, 0) is 55.8 Å². The third kappa shape index (κ3) is 1.27. The molecule has 4 aliphatic carbocycles. The molecule has 5 rings (SSSR count). The summed E-state index contributed by atoms with van der Waals surface area (Å²) in [6, 6.07) is 0.528. The molecule has 0 spiro atoms. The molecule has 4 nitrogen and oxygen atoms in total. The van der Waals surface area contributed by atoms with Crippen molar-refractivity contribution in [3.05, 3.63) is 6.20 Å². The fourth-order valence-corrected chi connectivity index (χ4v) is 4.92. The van der Waals surface area contributed by atoms with Crippen LogP contribution in [-0.2, 0) is 0 Å². The molecule has 0 unspecified atom stereocenters. The fourth-order valence-electron chi connectivity index (χ4n) is 4.92. The van der Waals surface area contributed by atoms with E-state index in [9.17, 15) is 0 Å². The number of nitrogen functional groups attached to an aromatic ring is 2. The second-order valence-electron chi connectivity index (χ2n) is 6.35. The van der Waals surface area contributed by atoms with E-state index in [1.807, 2.05) is 4.68 Å². The summed E-state index contributed by atoms with van der Waals surface area (Å²) in [4.78, 5) is 0. The monoisotopic (exact) mass is 232 g/mol. The summed E-state index contributed by atoms with van der Waals surface area (Å²) in [7, 11) is 0. The molecule has 1 aromatic heterocycles. The quantitative estimate of drug-likeness (QED) is 0.778. The molecule has 4 heteroatoms. The van der Waals surface area contributed by atoms with Crippen molar-refractivity contribution in [2.75, 3.05) is 11.5 Å². The topological polar surface area (TPSA) is 69.9 Å². The van der Waals surface area contributed by atoms with Crippen LogP contribution in [-0.4, -0.2) is 9.78 Å². The van der Waals surface area contributed by atoms with E-state index in [1.54, 1.807) is 6.20 Å². The fraction of sp³-hybridized carbons (Fsp3) is 0.769. The lowest BCUT2D eigenvalue weighted by atomic mass is 9.54. The Kier molecular flexibility index (Phi) is 1.83. The number of aromatic nitrogens is 2. The largest absolute Gasteiger partial charge is 0.394 e. The summed E-state index contributed by atoms with van der Waals surface area (Å²) in [6.45, 7) is 0. The summed E-state index contributed by atoms with van der Waals surface area (Å²) in [5.74, 6) is 4.26. The lowest BCUT2D eigenvalue weighted by molar-refractivity contribution is -0.0327. The number of anilines is 2. The molecule has 4 aliphatic rings. The van der Waals surface area contributed by atoms with E-state index in [0.717, 1.165) is 23.7 Å². The van der Waals surface area contributed by atoms with Crippen LogP contribution in [0.4, 0.5) is 11.5 Å². The molecule has 0 aromatic carbocycles. The minimum atomic E-state index is 0.528. The summed E-state index contributed by atoms with van der Waals surface area (Å²) in [5.41, 5.74) is 12.5. The van der Waals surface area contributed by atoms with E-state index in [0.29, 0.717) is 17.5 Å². The Labute approximate surface area is 101 Å². The second-order valence-corrected chi connectivity index (χ2v) is 6.35. The van der Waals surface area contributed by atoms with Crippen LogP contribution in [0, 0.1) is 23.7 Å². The number of nitrogens with zero attached hydrogens (tertiary/aromatic N) is 2. The highest BCUT2D eigenvalue weighted by Crippen LogP contribution is 2.58. The average molecular weight is 232 g/mol. The SMILES string of the molecule is Nc1cnn(C2C3CC4CC(C3)CC2C4)c1N. The standard InChI is InChI=1S/C13H20N4/c14-11-6-16-17(13(11)15)12-9-2-7-1-8(4-9)5-10(12)3-7/h6-10,12H,1-5,14-15H2.